The number of carbonyl (C=O) groups excluding carboxylic acids is 1. The van der Waals surface area contributed by atoms with Crippen LogP contribution in [0.3, 0.4) is 0 Å². The van der Waals surface area contributed by atoms with Crippen molar-refractivity contribution in [1.29, 1.82) is 0 Å². The van der Waals surface area contributed by atoms with Crippen LogP contribution < -0.4 is 0 Å². The van der Waals surface area contributed by atoms with E-state index in [9.17, 15) is 26.7 Å². The summed E-state index contributed by atoms with van der Waals surface area (Å²) < 4.78 is 65.8. The van der Waals surface area contributed by atoms with E-state index in [4.69, 9.17) is 0 Å². The smallest absolute Gasteiger partial charge is 0.342 e. The van der Waals surface area contributed by atoms with Crippen LogP contribution in [0.1, 0.15) is 36.8 Å². The summed E-state index contributed by atoms with van der Waals surface area (Å²) in [5.74, 6) is -3.02. The van der Waals surface area contributed by atoms with Gasteiger partial charge in [-0.25, -0.2) is 8.78 Å². The summed E-state index contributed by atoms with van der Waals surface area (Å²) in [6.45, 7) is 1.38. The number of hydrogen-bond acceptors (Lipinski definition) is 2. The quantitative estimate of drug-likeness (QED) is 0.723. The summed E-state index contributed by atoms with van der Waals surface area (Å²) in [5.41, 5.74) is -0.398. The fourth-order valence-corrected chi connectivity index (χ4v) is 3.83. The zero-order valence-electron chi connectivity index (χ0n) is 14.9. The van der Waals surface area contributed by atoms with Gasteiger partial charge in [0, 0.05) is 38.4 Å². The van der Waals surface area contributed by atoms with Gasteiger partial charge < -0.3 is 4.90 Å². The van der Waals surface area contributed by atoms with E-state index >= 15 is 0 Å². The number of benzene rings is 1. The van der Waals surface area contributed by atoms with Gasteiger partial charge in [0.1, 0.15) is 0 Å². The molecule has 0 aliphatic carbocycles. The fourth-order valence-electron chi connectivity index (χ4n) is 3.83. The molecule has 1 aromatic carbocycles. The van der Waals surface area contributed by atoms with Gasteiger partial charge >= 0.3 is 6.18 Å². The minimum Gasteiger partial charge on any atom is -0.342 e. The van der Waals surface area contributed by atoms with Crippen LogP contribution in [0, 0.1) is 5.92 Å². The highest BCUT2D eigenvalue weighted by Gasteiger charge is 2.38. The third-order valence-electron chi connectivity index (χ3n) is 5.46. The average Bonchev–Trinajstić information content (AvgIpc) is 2.61. The molecule has 3 nitrogen and oxygen atoms in total. The molecular weight excluding hydrogens is 367 g/mol. The molecular formula is C19H23F5N2O. The molecule has 0 N–H and O–H groups in total. The number of likely N-dealkylation sites (tertiary alicyclic amines) is 2. The first-order chi connectivity index (χ1) is 12.7. The number of amides is 1. The molecule has 0 atom stereocenters. The van der Waals surface area contributed by atoms with E-state index in [1.165, 1.54) is 17.0 Å². The van der Waals surface area contributed by atoms with Gasteiger partial charge in [0.25, 0.3) is 5.92 Å². The third-order valence-corrected chi connectivity index (χ3v) is 5.46. The van der Waals surface area contributed by atoms with E-state index in [1.54, 1.807) is 6.07 Å². The number of hydrogen-bond donors (Lipinski definition) is 0. The van der Waals surface area contributed by atoms with E-state index in [0.29, 0.717) is 25.9 Å². The van der Waals surface area contributed by atoms with Crippen molar-refractivity contribution in [2.45, 2.75) is 44.3 Å². The first kappa shape index (κ1) is 20.0. The van der Waals surface area contributed by atoms with Gasteiger partial charge in [0.05, 0.1) is 5.56 Å². The van der Waals surface area contributed by atoms with Crippen molar-refractivity contribution in [2.75, 3.05) is 26.2 Å². The topological polar surface area (TPSA) is 23.6 Å². The molecule has 1 aromatic rings. The van der Waals surface area contributed by atoms with E-state index in [2.05, 4.69) is 0 Å². The van der Waals surface area contributed by atoms with E-state index < -0.39 is 17.7 Å². The SMILES string of the molecule is O=C(C1CCN(Cc2ccccc2C(F)(F)F)CC1)N1CCC(F)(F)CC1. The van der Waals surface area contributed by atoms with Crippen LogP contribution in [-0.2, 0) is 17.5 Å². The molecule has 150 valence electrons. The Morgan fingerprint density at radius 1 is 1.04 bits per heavy atom. The Bertz CT molecular complexity index is 658. The molecule has 3 rings (SSSR count). The molecule has 0 aromatic heterocycles. The van der Waals surface area contributed by atoms with Crippen LogP contribution in [0.15, 0.2) is 24.3 Å². The summed E-state index contributed by atoms with van der Waals surface area (Å²) in [6, 6.07) is 5.53. The molecule has 8 heteroatoms. The first-order valence-electron chi connectivity index (χ1n) is 9.20. The maximum absolute atomic E-state index is 13.2. The zero-order valence-corrected chi connectivity index (χ0v) is 14.9. The van der Waals surface area contributed by atoms with E-state index in [0.717, 1.165) is 6.07 Å². The highest BCUT2D eigenvalue weighted by Crippen LogP contribution is 2.33. The monoisotopic (exact) mass is 390 g/mol. The second kappa shape index (κ2) is 7.73. The summed E-state index contributed by atoms with van der Waals surface area (Å²) in [7, 11) is 0. The van der Waals surface area contributed by atoms with Crippen molar-refractivity contribution < 1.29 is 26.7 Å². The largest absolute Gasteiger partial charge is 0.416 e. The van der Waals surface area contributed by atoms with Gasteiger partial charge in [0.2, 0.25) is 5.91 Å². The number of piperidine rings is 2. The summed E-state index contributed by atoms with van der Waals surface area (Å²) >= 11 is 0. The van der Waals surface area contributed by atoms with Crippen LogP contribution in [0.25, 0.3) is 0 Å². The molecule has 1 amide bonds. The lowest BCUT2D eigenvalue weighted by molar-refractivity contribution is -0.143. The second-order valence-electron chi connectivity index (χ2n) is 7.39. The Labute approximate surface area is 155 Å². The van der Waals surface area contributed by atoms with Gasteiger partial charge in [-0.2, -0.15) is 13.2 Å². The average molecular weight is 390 g/mol. The van der Waals surface area contributed by atoms with Crippen LogP contribution in [0.5, 0.6) is 0 Å². The highest BCUT2D eigenvalue weighted by atomic mass is 19.4. The number of nitrogens with zero attached hydrogens (tertiary/aromatic N) is 2. The van der Waals surface area contributed by atoms with Crippen LogP contribution in [0.4, 0.5) is 22.0 Å². The Hall–Kier alpha value is -1.70. The molecule has 2 heterocycles. The van der Waals surface area contributed by atoms with Gasteiger partial charge in [-0.15, -0.1) is 0 Å². The Morgan fingerprint density at radius 2 is 1.63 bits per heavy atom. The minimum absolute atomic E-state index is 0.0744. The van der Waals surface area contributed by atoms with Gasteiger partial charge in [-0.1, -0.05) is 18.2 Å². The molecule has 2 aliphatic heterocycles. The highest BCUT2D eigenvalue weighted by molar-refractivity contribution is 5.79. The number of carbonyl (C=O) groups is 1. The van der Waals surface area contributed by atoms with Gasteiger partial charge in [-0.3, -0.25) is 9.69 Å². The van der Waals surface area contributed by atoms with Gasteiger partial charge in [0.15, 0.2) is 0 Å². The lowest BCUT2D eigenvalue weighted by Gasteiger charge is -2.37. The van der Waals surface area contributed by atoms with Crippen LogP contribution >= 0.6 is 0 Å². The molecule has 2 saturated heterocycles. The molecule has 2 fully saturated rings. The molecule has 0 radical (unpaired) electrons. The predicted molar refractivity (Wildman–Crippen MR) is 90.2 cm³/mol. The maximum atomic E-state index is 13.2. The number of halogens is 5. The van der Waals surface area contributed by atoms with E-state index in [-0.39, 0.29) is 49.9 Å². The van der Waals surface area contributed by atoms with Crippen molar-refractivity contribution in [2.24, 2.45) is 5.92 Å². The van der Waals surface area contributed by atoms with Crippen molar-refractivity contribution in [3.05, 3.63) is 35.4 Å². The summed E-state index contributed by atoms with van der Waals surface area (Å²) in [4.78, 5) is 16.0. The summed E-state index contributed by atoms with van der Waals surface area (Å²) in [5, 5.41) is 0. The number of alkyl halides is 5. The fraction of sp³-hybridized carbons (Fsp3) is 0.632. The van der Waals surface area contributed by atoms with E-state index in [1.807, 2.05) is 4.90 Å². The zero-order chi connectivity index (χ0) is 19.7. The number of rotatable bonds is 3. The lowest BCUT2D eigenvalue weighted by atomic mass is 9.93. The van der Waals surface area contributed by atoms with Crippen LogP contribution in [-0.4, -0.2) is 47.8 Å². The molecule has 0 saturated carbocycles. The Kier molecular flexibility index (Phi) is 5.74. The van der Waals surface area contributed by atoms with Crippen molar-refractivity contribution >= 4 is 5.91 Å². The molecule has 0 bridgehead atoms. The predicted octanol–water partition coefficient (Wildman–Crippen LogP) is 4.18. The standard InChI is InChI=1S/C19H23F5N2O/c20-18(21)7-11-26(12-8-18)17(27)14-5-9-25(10-6-14)13-15-3-1-2-4-16(15)19(22,23)24/h1-4,14H,5-13H2. The molecule has 0 spiro atoms. The lowest BCUT2D eigenvalue weighted by Crippen LogP contribution is -2.47. The molecule has 0 unspecified atom stereocenters. The first-order valence-corrected chi connectivity index (χ1v) is 9.20. The van der Waals surface area contributed by atoms with Gasteiger partial charge in [-0.05, 0) is 37.6 Å². The minimum atomic E-state index is -4.39. The van der Waals surface area contributed by atoms with Crippen molar-refractivity contribution in [1.82, 2.24) is 9.80 Å². The molecule has 27 heavy (non-hydrogen) atoms. The molecule has 2 aliphatic rings. The normalized spacial score (nSPS) is 22.0. The van der Waals surface area contributed by atoms with Crippen LogP contribution in [0.2, 0.25) is 0 Å². The summed E-state index contributed by atoms with van der Waals surface area (Å²) in [6.07, 6.45) is -3.90. The Balaban J connectivity index is 1.53. The van der Waals surface area contributed by atoms with Crippen molar-refractivity contribution in [3.8, 4) is 0 Å². The third kappa shape index (κ3) is 4.97. The maximum Gasteiger partial charge on any atom is 0.416 e. The van der Waals surface area contributed by atoms with Crippen molar-refractivity contribution in [3.63, 3.8) is 0 Å². The Morgan fingerprint density at radius 3 is 2.22 bits per heavy atom. The second-order valence-corrected chi connectivity index (χ2v) is 7.39.